The number of hydrogen-bond acceptors (Lipinski definition) is 4. The highest BCUT2D eigenvalue weighted by Crippen LogP contribution is 2.21. The zero-order chi connectivity index (χ0) is 14.7. The summed E-state index contributed by atoms with van der Waals surface area (Å²) >= 11 is 1.25. The van der Waals surface area contributed by atoms with E-state index in [1.54, 1.807) is 6.92 Å². The Balaban J connectivity index is 2.06. The summed E-state index contributed by atoms with van der Waals surface area (Å²) in [4.78, 5) is 18.0. The van der Waals surface area contributed by atoms with Crippen LogP contribution in [-0.2, 0) is 0 Å². The Labute approximate surface area is 118 Å². The molecule has 0 aliphatic rings. The molecule has 0 bridgehead atoms. The van der Waals surface area contributed by atoms with E-state index in [-0.39, 0.29) is 5.56 Å². The minimum absolute atomic E-state index is 0.235. The number of nitrogens with one attached hydrogen (secondary N) is 1. The lowest BCUT2D eigenvalue weighted by Gasteiger charge is -2.11. The molecule has 1 unspecified atom stereocenters. The average molecular weight is 297 g/mol. The lowest BCUT2D eigenvalue weighted by molar-refractivity contribution is 0.506. The number of nitrogens with two attached hydrogens (primary N) is 1. The van der Waals surface area contributed by atoms with E-state index in [9.17, 15) is 13.6 Å². The second-order valence-corrected chi connectivity index (χ2v) is 5.29. The number of aryl methyl sites for hydroxylation is 1. The number of rotatable bonds is 4. The summed E-state index contributed by atoms with van der Waals surface area (Å²) in [5.74, 6) is -1.44. The summed E-state index contributed by atoms with van der Waals surface area (Å²) in [5.41, 5.74) is 6.77. The summed E-state index contributed by atoms with van der Waals surface area (Å²) in [7, 11) is 0. The molecule has 2 rings (SSSR count). The van der Waals surface area contributed by atoms with Crippen LogP contribution in [0.2, 0.25) is 0 Å². The number of halogens is 2. The maximum Gasteiger partial charge on any atom is 0.251 e. The van der Waals surface area contributed by atoms with Crippen molar-refractivity contribution in [1.82, 2.24) is 9.97 Å². The summed E-state index contributed by atoms with van der Waals surface area (Å²) in [6.45, 7) is 1.72. The molecule has 1 aromatic heterocycles. The first kappa shape index (κ1) is 14.7. The van der Waals surface area contributed by atoms with Crippen molar-refractivity contribution in [3.63, 3.8) is 0 Å². The Hall–Kier alpha value is -1.73. The van der Waals surface area contributed by atoms with E-state index in [1.165, 1.54) is 23.9 Å². The molecule has 0 saturated heterocycles. The predicted molar refractivity (Wildman–Crippen MR) is 73.6 cm³/mol. The van der Waals surface area contributed by atoms with Gasteiger partial charge in [0.05, 0.1) is 0 Å². The van der Waals surface area contributed by atoms with Gasteiger partial charge in [0.1, 0.15) is 0 Å². The van der Waals surface area contributed by atoms with E-state index >= 15 is 0 Å². The first-order chi connectivity index (χ1) is 9.45. The van der Waals surface area contributed by atoms with Gasteiger partial charge in [-0.2, -0.15) is 0 Å². The molecule has 0 fully saturated rings. The highest BCUT2D eigenvalue weighted by atomic mass is 32.2. The van der Waals surface area contributed by atoms with Crippen LogP contribution in [0.1, 0.15) is 17.3 Å². The summed E-state index contributed by atoms with van der Waals surface area (Å²) in [5, 5.41) is 0.452. The SMILES string of the molecule is Cc1cc(=O)[nH]c(SCC(N)c2ccc(F)c(F)c2)n1. The van der Waals surface area contributed by atoms with E-state index in [0.717, 1.165) is 12.1 Å². The lowest BCUT2D eigenvalue weighted by Crippen LogP contribution is -2.15. The van der Waals surface area contributed by atoms with Gasteiger partial charge in [-0.3, -0.25) is 4.79 Å². The summed E-state index contributed by atoms with van der Waals surface area (Å²) in [6, 6.07) is 4.46. The van der Waals surface area contributed by atoms with Gasteiger partial charge < -0.3 is 10.7 Å². The normalized spacial score (nSPS) is 12.4. The average Bonchev–Trinajstić information content (AvgIpc) is 2.38. The van der Waals surface area contributed by atoms with Crippen molar-refractivity contribution < 1.29 is 8.78 Å². The highest BCUT2D eigenvalue weighted by molar-refractivity contribution is 7.99. The van der Waals surface area contributed by atoms with Gasteiger partial charge in [-0.05, 0) is 24.6 Å². The first-order valence-electron chi connectivity index (χ1n) is 5.87. The summed E-state index contributed by atoms with van der Waals surface area (Å²) in [6.07, 6.45) is 0. The third-order valence-electron chi connectivity index (χ3n) is 2.62. The Morgan fingerprint density at radius 3 is 2.75 bits per heavy atom. The van der Waals surface area contributed by atoms with Crippen LogP contribution in [0.25, 0.3) is 0 Å². The van der Waals surface area contributed by atoms with Crippen LogP contribution in [0.4, 0.5) is 8.78 Å². The molecular formula is C13H13F2N3OS. The Bertz CT molecular complexity index is 675. The number of aromatic amines is 1. The molecule has 0 saturated carbocycles. The van der Waals surface area contributed by atoms with E-state index in [4.69, 9.17) is 5.73 Å². The van der Waals surface area contributed by atoms with Crippen molar-refractivity contribution in [3.8, 4) is 0 Å². The van der Waals surface area contributed by atoms with Crippen LogP contribution in [0.3, 0.4) is 0 Å². The summed E-state index contributed by atoms with van der Waals surface area (Å²) < 4.78 is 25.9. The van der Waals surface area contributed by atoms with E-state index in [1.807, 2.05) is 0 Å². The van der Waals surface area contributed by atoms with Gasteiger partial charge in [0.15, 0.2) is 16.8 Å². The third-order valence-corrected chi connectivity index (χ3v) is 3.61. The van der Waals surface area contributed by atoms with Gasteiger partial charge in [0.25, 0.3) is 5.56 Å². The Morgan fingerprint density at radius 2 is 2.10 bits per heavy atom. The van der Waals surface area contributed by atoms with Crippen LogP contribution in [0, 0.1) is 18.6 Å². The molecule has 20 heavy (non-hydrogen) atoms. The van der Waals surface area contributed by atoms with E-state index in [0.29, 0.717) is 22.2 Å². The zero-order valence-electron chi connectivity index (χ0n) is 10.7. The smallest absolute Gasteiger partial charge is 0.251 e. The molecule has 1 heterocycles. The third kappa shape index (κ3) is 3.64. The molecule has 0 aliphatic heterocycles. The quantitative estimate of drug-likeness (QED) is 0.670. The standard InChI is InChI=1S/C13H13F2N3OS/c1-7-4-12(19)18-13(17-7)20-6-11(16)8-2-3-9(14)10(15)5-8/h2-5,11H,6,16H2,1H3,(H,17,18,19). The maximum atomic E-state index is 13.1. The number of H-pyrrole nitrogens is 1. The lowest BCUT2D eigenvalue weighted by atomic mass is 10.1. The monoisotopic (exact) mass is 297 g/mol. The maximum absolute atomic E-state index is 13.1. The van der Waals surface area contributed by atoms with E-state index in [2.05, 4.69) is 9.97 Å². The second kappa shape index (κ2) is 6.15. The van der Waals surface area contributed by atoms with Gasteiger partial charge in [-0.1, -0.05) is 17.8 Å². The van der Waals surface area contributed by atoms with Crippen LogP contribution in [0.5, 0.6) is 0 Å². The van der Waals surface area contributed by atoms with E-state index < -0.39 is 17.7 Å². The molecule has 106 valence electrons. The fourth-order valence-electron chi connectivity index (χ4n) is 1.63. The minimum Gasteiger partial charge on any atom is -0.323 e. The van der Waals surface area contributed by atoms with Crippen LogP contribution in [0.15, 0.2) is 34.2 Å². The molecule has 3 N–H and O–H groups in total. The van der Waals surface area contributed by atoms with Crippen molar-refractivity contribution in [1.29, 1.82) is 0 Å². The Kier molecular flexibility index (Phi) is 4.51. The molecule has 7 heteroatoms. The van der Waals surface area contributed by atoms with Crippen LogP contribution in [-0.4, -0.2) is 15.7 Å². The highest BCUT2D eigenvalue weighted by Gasteiger charge is 2.11. The Morgan fingerprint density at radius 1 is 1.35 bits per heavy atom. The van der Waals surface area contributed by atoms with Gasteiger partial charge in [-0.25, -0.2) is 13.8 Å². The van der Waals surface area contributed by atoms with Crippen LogP contribution < -0.4 is 11.3 Å². The molecule has 0 amide bonds. The van der Waals surface area contributed by atoms with Crippen molar-refractivity contribution in [2.75, 3.05) is 5.75 Å². The van der Waals surface area contributed by atoms with Gasteiger partial charge in [-0.15, -0.1) is 0 Å². The van der Waals surface area contributed by atoms with Crippen molar-refractivity contribution in [2.24, 2.45) is 5.73 Å². The molecule has 1 aromatic carbocycles. The molecule has 2 aromatic rings. The second-order valence-electron chi connectivity index (χ2n) is 4.28. The molecule has 0 radical (unpaired) electrons. The van der Waals surface area contributed by atoms with Gasteiger partial charge in [0, 0.05) is 23.6 Å². The molecule has 1 atom stereocenters. The predicted octanol–water partition coefficient (Wildman–Crippen LogP) is 2.15. The zero-order valence-corrected chi connectivity index (χ0v) is 11.5. The fraction of sp³-hybridized carbons (Fsp3) is 0.231. The molecule has 4 nitrogen and oxygen atoms in total. The molecule has 0 spiro atoms. The first-order valence-corrected chi connectivity index (χ1v) is 6.85. The number of benzene rings is 1. The number of nitrogens with zero attached hydrogens (tertiary/aromatic N) is 1. The molecular weight excluding hydrogens is 284 g/mol. The number of hydrogen-bond donors (Lipinski definition) is 2. The van der Waals surface area contributed by atoms with Crippen molar-refractivity contribution in [2.45, 2.75) is 18.1 Å². The van der Waals surface area contributed by atoms with Crippen molar-refractivity contribution >= 4 is 11.8 Å². The van der Waals surface area contributed by atoms with Crippen LogP contribution >= 0.6 is 11.8 Å². The number of aromatic nitrogens is 2. The largest absolute Gasteiger partial charge is 0.323 e. The number of thioether (sulfide) groups is 1. The molecule has 0 aliphatic carbocycles. The van der Waals surface area contributed by atoms with Gasteiger partial charge in [0.2, 0.25) is 0 Å². The van der Waals surface area contributed by atoms with Gasteiger partial charge >= 0.3 is 0 Å². The fourth-order valence-corrected chi connectivity index (χ4v) is 2.54. The van der Waals surface area contributed by atoms with Crippen molar-refractivity contribution in [3.05, 3.63) is 57.5 Å². The minimum atomic E-state index is -0.926. The topological polar surface area (TPSA) is 71.8 Å².